The van der Waals surface area contributed by atoms with Gasteiger partial charge in [0, 0.05) is 31.9 Å². The maximum Gasteiger partial charge on any atom is 0.224 e. The minimum atomic E-state index is 0.186. The Bertz CT molecular complexity index is 311. The molecule has 0 saturated carbocycles. The van der Waals surface area contributed by atoms with Crippen molar-refractivity contribution in [2.45, 2.75) is 13.1 Å². The molecule has 1 atom stereocenters. The number of rotatable bonds is 4. The van der Waals surface area contributed by atoms with Crippen molar-refractivity contribution in [3.8, 4) is 0 Å². The molecule has 0 aromatic carbocycles. The van der Waals surface area contributed by atoms with Crippen molar-refractivity contribution in [2.75, 3.05) is 18.5 Å². The number of nitrogens with zero attached hydrogens (tertiary/aromatic N) is 3. The first-order valence-electron chi connectivity index (χ1n) is 5.26. The highest BCUT2D eigenvalue weighted by Gasteiger charge is 2.21. The Kier molecular flexibility index (Phi) is 3.62. The summed E-state index contributed by atoms with van der Waals surface area (Å²) in [6, 6.07) is 1.81. The molecule has 1 aliphatic heterocycles. The molecule has 0 amide bonds. The molecule has 2 heterocycles. The highest BCUT2D eigenvalue weighted by molar-refractivity contribution is 5.26. The van der Waals surface area contributed by atoms with E-state index in [1.54, 1.807) is 12.4 Å². The summed E-state index contributed by atoms with van der Waals surface area (Å²) in [4.78, 5) is 10.4. The van der Waals surface area contributed by atoms with Crippen LogP contribution in [-0.4, -0.2) is 29.7 Å². The topological polar surface area (TPSA) is 77.1 Å². The van der Waals surface area contributed by atoms with E-state index in [2.05, 4.69) is 38.8 Å². The van der Waals surface area contributed by atoms with Gasteiger partial charge in [-0.25, -0.2) is 20.8 Å². The number of hydrogen-bond donors (Lipinski definition) is 4. The molecular weight excluding hydrogens is 206 g/mol. The van der Waals surface area contributed by atoms with Crippen LogP contribution in [-0.2, 0) is 0 Å². The van der Waals surface area contributed by atoms with Gasteiger partial charge in [-0.2, -0.15) is 11.1 Å². The van der Waals surface area contributed by atoms with E-state index < -0.39 is 0 Å². The lowest BCUT2D eigenvalue weighted by Gasteiger charge is -2.24. The highest BCUT2D eigenvalue weighted by atomic mass is 15.8. The molecule has 1 aromatic heterocycles. The summed E-state index contributed by atoms with van der Waals surface area (Å²) in [6.45, 7) is 3.01. The number of hydrazine groups is 3. The third kappa shape index (κ3) is 2.64. The van der Waals surface area contributed by atoms with Crippen LogP contribution in [0.1, 0.15) is 6.92 Å². The first-order chi connectivity index (χ1) is 7.77. The zero-order chi connectivity index (χ0) is 11.4. The van der Waals surface area contributed by atoms with Gasteiger partial charge in [-0.1, -0.05) is 6.92 Å². The van der Waals surface area contributed by atoms with Crippen LogP contribution in [0.2, 0.25) is 0 Å². The van der Waals surface area contributed by atoms with E-state index in [1.165, 1.54) is 0 Å². The fraction of sp³-hybridized carbons (Fsp3) is 0.556. The van der Waals surface area contributed by atoms with Gasteiger partial charge in [0.15, 0.2) is 0 Å². The lowest BCUT2D eigenvalue weighted by Crippen LogP contribution is -2.44. The van der Waals surface area contributed by atoms with Crippen molar-refractivity contribution in [1.29, 1.82) is 0 Å². The maximum atomic E-state index is 4.20. The third-order valence-electron chi connectivity index (χ3n) is 2.54. The summed E-state index contributed by atoms with van der Waals surface area (Å²) in [5.41, 5.74) is 11.8. The van der Waals surface area contributed by atoms with Crippen LogP contribution >= 0.6 is 0 Å². The monoisotopic (exact) mass is 223 g/mol. The second-order valence-electron chi connectivity index (χ2n) is 3.92. The molecule has 0 bridgehead atoms. The Balaban J connectivity index is 1.89. The smallest absolute Gasteiger partial charge is 0.224 e. The van der Waals surface area contributed by atoms with Crippen LogP contribution < -0.4 is 26.8 Å². The first-order valence-corrected chi connectivity index (χ1v) is 5.26. The van der Waals surface area contributed by atoms with Gasteiger partial charge in [0.25, 0.3) is 0 Å². The Hall–Kier alpha value is -1.28. The number of hydrogen-bond acceptors (Lipinski definition) is 7. The molecule has 1 aromatic rings. The average Bonchev–Trinajstić information content (AvgIpc) is 2.83. The van der Waals surface area contributed by atoms with E-state index in [-0.39, 0.29) is 6.17 Å². The molecule has 16 heavy (non-hydrogen) atoms. The lowest BCUT2D eigenvalue weighted by molar-refractivity contribution is 0.374. The van der Waals surface area contributed by atoms with Gasteiger partial charge < -0.3 is 4.90 Å². The molecule has 0 aliphatic carbocycles. The molecule has 7 nitrogen and oxygen atoms in total. The standard InChI is InChI=1S/C9H17N7/c1-7(8-12-14-15-13-8)6-16(2)9-10-4-3-5-11-9/h3-5,7-8,12-15H,6H2,1-2H3. The summed E-state index contributed by atoms with van der Waals surface area (Å²) in [7, 11) is 1.99. The molecule has 0 spiro atoms. The fourth-order valence-corrected chi connectivity index (χ4v) is 1.66. The zero-order valence-corrected chi connectivity index (χ0v) is 9.44. The number of nitrogens with one attached hydrogen (secondary N) is 4. The molecule has 2 rings (SSSR count). The Morgan fingerprint density at radius 3 is 2.56 bits per heavy atom. The van der Waals surface area contributed by atoms with Crippen LogP contribution in [0.25, 0.3) is 0 Å². The average molecular weight is 223 g/mol. The van der Waals surface area contributed by atoms with Gasteiger partial charge in [0.2, 0.25) is 5.95 Å². The third-order valence-corrected chi connectivity index (χ3v) is 2.54. The predicted octanol–water partition coefficient (Wildman–Crippen LogP) is -1.01. The number of aromatic nitrogens is 2. The summed E-state index contributed by atoms with van der Waals surface area (Å²) in [5, 5.41) is 0. The quantitative estimate of drug-likeness (QED) is 0.521. The first kappa shape index (κ1) is 11.2. The second-order valence-corrected chi connectivity index (χ2v) is 3.92. The van der Waals surface area contributed by atoms with Gasteiger partial charge >= 0.3 is 0 Å². The van der Waals surface area contributed by atoms with Crippen molar-refractivity contribution in [2.24, 2.45) is 5.92 Å². The van der Waals surface area contributed by atoms with Crippen molar-refractivity contribution >= 4 is 5.95 Å². The fourth-order valence-electron chi connectivity index (χ4n) is 1.66. The molecule has 1 fully saturated rings. The van der Waals surface area contributed by atoms with Crippen LogP contribution in [0.3, 0.4) is 0 Å². The van der Waals surface area contributed by atoms with Crippen LogP contribution in [0, 0.1) is 5.92 Å². The van der Waals surface area contributed by atoms with Crippen molar-refractivity contribution in [1.82, 2.24) is 31.9 Å². The molecule has 1 saturated heterocycles. The minimum Gasteiger partial charge on any atom is -0.344 e. The Morgan fingerprint density at radius 1 is 1.31 bits per heavy atom. The van der Waals surface area contributed by atoms with Gasteiger partial charge in [-0.05, 0) is 6.07 Å². The Morgan fingerprint density at radius 2 is 1.94 bits per heavy atom. The number of anilines is 1. The van der Waals surface area contributed by atoms with Crippen LogP contribution in [0.5, 0.6) is 0 Å². The Labute approximate surface area is 94.6 Å². The van der Waals surface area contributed by atoms with Crippen LogP contribution in [0.15, 0.2) is 18.5 Å². The molecule has 1 aliphatic rings. The van der Waals surface area contributed by atoms with Gasteiger partial charge in [0.05, 0.1) is 6.17 Å². The molecule has 88 valence electrons. The normalized spacial score (nSPS) is 18.6. The highest BCUT2D eigenvalue weighted by Crippen LogP contribution is 2.08. The van der Waals surface area contributed by atoms with Crippen molar-refractivity contribution < 1.29 is 0 Å². The molecule has 1 unspecified atom stereocenters. The van der Waals surface area contributed by atoms with E-state index >= 15 is 0 Å². The predicted molar refractivity (Wildman–Crippen MR) is 60.8 cm³/mol. The largest absolute Gasteiger partial charge is 0.344 e. The van der Waals surface area contributed by atoms with Crippen molar-refractivity contribution in [3.05, 3.63) is 18.5 Å². The zero-order valence-electron chi connectivity index (χ0n) is 9.44. The van der Waals surface area contributed by atoms with E-state index in [0.29, 0.717) is 5.92 Å². The summed E-state index contributed by atoms with van der Waals surface area (Å²) >= 11 is 0. The maximum absolute atomic E-state index is 4.20. The summed E-state index contributed by atoms with van der Waals surface area (Å²) in [5.74, 6) is 1.14. The summed E-state index contributed by atoms with van der Waals surface area (Å²) < 4.78 is 0. The summed E-state index contributed by atoms with van der Waals surface area (Å²) in [6.07, 6.45) is 3.68. The SMILES string of the molecule is CC(CN(C)c1ncccn1)C1NNNN1. The van der Waals surface area contributed by atoms with E-state index in [1.807, 2.05) is 18.0 Å². The van der Waals surface area contributed by atoms with Gasteiger partial charge in [-0.15, -0.1) is 0 Å². The van der Waals surface area contributed by atoms with Gasteiger partial charge in [-0.3, -0.25) is 0 Å². The molecule has 0 radical (unpaired) electrons. The lowest BCUT2D eigenvalue weighted by atomic mass is 10.1. The molecule has 4 N–H and O–H groups in total. The van der Waals surface area contributed by atoms with E-state index in [9.17, 15) is 0 Å². The molecule has 7 heteroatoms. The van der Waals surface area contributed by atoms with Crippen molar-refractivity contribution in [3.63, 3.8) is 0 Å². The van der Waals surface area contributed by atoms with E-state index in [0.717, 1.165) is 12.5 Å². The second kappa shape index (κ2) is 5.17. The van der Waals surface area contributed by atoms with E-state index in [4.69, 9.17) is 0 Å². The van der Waals surface area contributed by atoms with Gasteiger partial charge in [0.1, 0.15) is 0 Å². The van der Waals surface area contributed by atoms with Crippen LogP contribution in [0.4, 0.5) is 5.95 Å². The molecular formula is C9H17N7. The minimum absolute atomic E-state index is 0.186.